The van der Waals surface area contributed by atoms with Crippen molar-refractivity contribution in [3.05, 3.63) is 77.9 Å². The number of barbiturate groups is 1. The number of carbonyl (C=O) groups is 3. The Morgan fingerprint density at radius 3 is 1.47 bits per heavy atom. The second kappa shape index (κ2) is 10.2. The first-order chi connectivity index (χ1) is 17.4. The Hall–Kier alpha value is -4.79. The molecule has 0 spiro atoms. The van der Waals surface area contributed by atoms with E-state index < -0.39 is 17.8 Å². The Balaban J connectivity index is 1.84. The maximum atomic E-state index is 13.5. The van der Waals surface area contributed by atoms with Gasteiger partial charge in [-0.3, -0.25) is 9.59 Å². The molecule has 0 bridgehead atoms. The van der Waals surface area contributed by atoms with Gasteiger partial charge in [0.25, 0.3) is 11.8 Å². The molecule has 0 radical (unpaired) electrons. The topological polar surface area (TPSA) is 94.6 Å². The summed E-state index contributed by atoms with van der Waals surface area (Å²) < 4.78 is 21.0. The molecule has 1 heterocycles. The molecule has 0 aromatic heterocycles. The van der Waals surface area contributed by atoms with Gasteiger partial charge in [-0.1, -0.05) is 6.07 Å². The molecule has 0 atom stereocenters. The van der Waals surface area contributed by atoms with Gasteiger partial charge >= 0.3 is 6.03 Å². The quantitative estimate of drug-likeness (QED) is 0.361. The number of hydrogen-bond acceptors (Lipinski definition) is 7. The lowest BCUT2D eigenvalue weighted by Gasteiger charge is -2.34. The van der Waals surface area contributed by atoms with Crippen molar-refractivity contribution >= 4 is 35.3 Å². The zero-order chi connectivity index (χ0) is 25.8. The number of amides is 4. The monoisotopic (exact) mass is 488 g/mol. The van der Waals surface area contributed by atoms with E-state index >= 15 is 0 Å². The van der Waals surface area contributed by atoms with Gasteiger partial charge in [0.1, 0.15) is 17.1 Å². The van der Waals surface area contributed by atoms with Gasteiger partial charge in [0.15, 0.2) is 11.5 Å². The molecule has 9 nitrogen and oxygen atoms in total. The molecule has 184 valence electrons. The summed E-state index contributed by atoms with van der Waals surface area (Å²) in [5, 5.41) is 0. The molecule has 0 unspecified atom stereocenters. The van der Waals surface area contributed by atoms with Crippen molar-refractivity contribution in [2.24, 2.45) is 0 Å². The molecule has 36 heavy (non-hydrogen) atoms. The predicted molar refractivity (Wildman–Crippen MR) is 134 cm³/mol. The summed E-state index contributed by atoms with van der Waals surface area (Å²) in [6, 6.07) is 17.0. The number of carbonyl (C=O) groups excluding carboxylic acids is 3. The highest BCUT2D eigenvalue weighted by molar-refractivity contribution is 6.46. The van der Waals surface area contributed by atoms with Gasteiger partial charge in [0.05, 0.1) is 39.8 Å². The van der Waals surface area contributed by atoms with Gasteiger partial charge in [-0.05, 0) is 72.3 Å². The zero-order valence-electron chi connectivity index (χ0n) is 20.2. The number of ether oxygens (including phenoxy) is 4. The van der Waals surface area contributed by atoms with Crippen molar-refractivity contribution in [2.75, 3.05) is 38.2 Å². The molecule has 0 aliphatic carbocycles. The highest BCUT2D eigenvalue weighted by Crippen LogP contribution is 2.33. The van der Waals surface area contributed by atoms with Crippen molar-refractivity contribution in [3.63, 3.8) is 0 Å². The lowest BCUT2D eigenvalue weighted by Crippen LogP contribution is -2.57. The van der Waals surface area contributed by atoms with E-state index in [1.165, 1.54) is 34.5 Å². The van der Waals surface area contributed by atoms with Gasteiger partial charge in [0.2, 0.25) is 0 Å². The Labute approximate surface area is 208 Å². The van der Waals surface area contributed by atoms with E-state index in [1.807, 2.05) is 0 Å². The van der Waals surface area contributed by atoms with Crippen molar-refractivity contribution in [1.29, 1.82) is 0 Å². The van der Waals surface area contributed by atoms with Crippen LogP contribution in [0.2, 0.25) is 0 Å². The standard InChI is InChI=1S/C27H24N2O7/c1-33-20-10-6-18(7-11-20)28-25(30)22(15-17-5-14-23(35-3)24(16-17)36-4)26(31)29(27(28)32)19-8-12-21(34-2)13-9-19/h5-16H,1-4H3. The van der Waals surface area contributed by atoms with E-state index in [1.54, 1.807) is 66.7 Å². The van der Waals surface area contributed by atoms with Crippen molar-refractivity contribution in [3.8, 4) is 23.0 Å². The second-order valence-electron chi connectivity index (χ2n) is 7.63. The van der Waals surface area contributed by atoms with E-state index in [4.69, 9.17) is 18.9 Å². The first-order valence-corrected chi connectivity index (χ1v) is 10.9. The largest absolute Gasteiger partial charge is 0.497 e. The number of hydrogen-bond donors (Lipinski definition) is 0. The summed E-state index contributed by atoms with van der Waals surface area (Å²) in [5.74, 6) is 0.526. The van der Waals surface area contributed by atoms with E-state index in [-0.39, 0.29) is 16.9 Å². The first kappa shape index (κ1) is 24.3. The van der Waals surface area contributed by atoms with Gasteiger partial charge in [-0.25, -0.2) is 14.6 Å². The molecule has 1 fully saturated rings. The second-order valence-corrected chi connectivity index (χ2v) is 7.63. The van der Waals surface area contributed by atoms with E-state index in [2.05, 4.69) is 0 Å². The molecule has 4 amide bonds. The third kappa shape index (κ3) is 4.46. The molecule has 0 N–H and O–H groups in total. The van der Waals surface area contributed by atoms with Crippen molar-refractivity contribution < 1.29 is 33.3 Å². The fourth-order valence-corrected chi connectivity index (χ4v) is 3.76. The van der Waals surface area contributed by atoms with Gasteiger partial charge in [0, 0.05) is 0 Å². The molecule has 0 saturated carbocycles. The number of nitrogens with zero attached hydrogens (tertiary/aromatic N) is 2. The fourth-order valence-electron chi connectivity index (χ4n) is 3.76. The SMILES string of the molecule is COc1ccc(N2C(=O)C(=Cc3ccc(OC)c(OC)c3)C(=O)N(c3ccc(OC)cc3)C2=O)cc1. The van der Waals surface area contributed by atoms with Crippen LogP contribution in [0.25, 0.3) is 6.08 Å². The van der Waals surface area contributed by atoms with Crippen LogP contribution >= 0.6 is 0 Å². The number of rotatable bonds is 7. The Morgan fingerprint density at radius 1 is 0.583 bits per heavy atom. The van der Waals surface area contributed by atoms with Crippen molar-refractivity contribution in [2.45, 2.75) is 0 Å². The summed E-state index contributed by atoms with van der Waals surface area (Å²) >= 11 is 0. The van der Waals surface area contributed by atoms with Gasteiger partial charge < -0.3 is 18.9 Å². The van der Waals surface area contributed by atoms with Crippen LogP contribution in [0.4, 0.5) is 16.2 Å². The fraction of sp³-hybridized carbons (Fsp3) is 0.148. The van der Waals surface area contributed by atoms with Crippen molar-refractivity contribution in [1.82, 2.24) is 0 Å². The van der Waals surface area contributed by atoms with Crippen LogP contribution in [0.3, 0.4) is 0 Å². The molecular formula is C27H24N2O7. The summed E-state index contributed by atoms with van der Waals surface area (Å²) in [6.45, 7) is 0. The highest BCUT2D eigenvalue weighted by atomic mass is 16.5. The third-order valence-electron chi connectivity index (χ3n) is 5.63. The molecule has 3 aromatic rings. The number of benzene rings is 3. The number of imide groups is 2. The van der Waals surface area contributed by atoms with Crippen LogP contribution in [0.15, 0.2) is 72.3 Å². The Kier molecular flexibility index (Phi) is 6.91. The lowest BCUT2D eigenvalue weighted by molar-refractivity contribution is -0.121. The minimum absolute atomic E-state index is 0.201. The molecular weight excluding hydrogens is 464 g/mol. The predicted octanol–water partition coefficient (Wildman–Crippen LogP) is 4.30. The van der Waals surface area contributed by atoms with E-state index in [0.29, 0.717) is 28.6 Å². The highest BCUT2D eigenvalue weighted by Gasteiger charge is 2.43. The minimum atomic E-state index is -0.801. The maximum absolute atomic E-state index is 13.5. The average Bonchev–Trinajstić information content (AvgIpc) is 2.91. The van der Waals surface area contributed by atoms with Crippen LogP contribution in [-0.4, -0.2) is 46.3 Å². The molecule has 1 aliphatic rings. The first-order valence-electron chi connectivity index (χ1n) is 10.9. The molecule has 4 rings (SSSR count). The summed E-state index contributed by atoms with van der Waals surface area (Å²) in [7, 11) is 6.02. The van der Waals surface area contributed by atoms with Gasteiger partial charge in [-0.2, -0.15) is 0 Å². The van der Waals surface area contributed by atoms with Crippen LogP contribution in [0.5, 0.6) is 23.0 Å². The zero-order valence-corrected chi connectivity index (χ0v) is 20.2. The van der Waals surface area contributed by atoms with Gasteiger partial charge in [-0.15, -0.1) is 0 Å². The summed E-state index contributed by atoms with van der Waals surface area (Å²) in [4.78, 5) is 42.5. The van der Waals surface area contributed by atoms with Crippen LogP contribution in [0.1, 0.15) is 5.56 Å². The number of urea groups is 1. The van der Waals surface area contributed by atoms with Crippen LogP contribution in [-0.2, 0) is 9.59 Å². The maximum Gasteiger partial charge on any atom is 0.343 e. The smallest absolute Gasteiger partial charge is 0.343 e. The molecule has 9 heteroatoms. The average molecular weight is 488 g/mol. The Bertz CT molecular complexity index is 1260. The Morgan fingerprint density at radius 2 is 1.06 bits per heavy atom. The minimum Gasteiger partial charge on any atom is -0.497 e. The van der Waals surface area contributed by atoms with E-state index in [0.717, 1.165) is 9.80 Å². The van der Waals surface area contributed by atoms with Crippen LogP contribution < -0.4 is 28.7 Å². The number of anilines is 2. The van der Waals surface area contributed by atoms with Crippen LogP contribution in [0, 0.1) is 0 Å². The molecule has 3 aromatic carbocycles. The van der Waals surface area contributed by atoms with E-state index in [9.17, 15) is 14.4 Å². The molecule has 1 aliphatic heterocycles. The third-order valence-corrected chi connectivity index (χ3v) is 5.63. The lowest BCUT2D eigenvalue weighted by atomic mass is 10.0. The molecule has 1 saturated heterocycles. The number of methoxy groups -OCH3 is 4. The normalized spacial score (nSPS) is 13.6. The summed E-state index contributed by atoms with van der Waals surface area (Å²) in [5.41, 5.74) is 0.890. The summed E-state index contributed by atoms with van der Waals surface area (Å²) in [6.07, 6.45) is 1.42.